The van der Waals surface area contributed by atoms with Gasteiger partial charge in [-0.15, -0.1) is 11.3 Å². The van der Waals surface area contributed by atoms with Gasteiger partial charge in [-0.25, -0.2) is 4.98 Å². The van der Waals surface area contributed by atoms with Crippen LogP contribution >= 0.6 is 11.3 Å². The van der Waals surface area contributed by atoms with Crippen LogP contribution in [0.15, 0.2) is 48.7 Å². The molecule has 1 aliphatic heterocycles. The number of rotatable bonds is 9. The van der Waals surface area contributed by atoms with Gasteiger partial charge in [-0.3, -0.25) is 5.10 Å². The summed E-state index contributed by atoms with van der Waals surface area (Å²) in [6.45, 7) is 8.59. The van der Waals surface area contributed by atoms with Crippen molar-refractivity contribution in [3.05, 3.63) is 64.9 Å². The van der Waals surface area contributed by atoms with Crippen molar-refractivity contribution in [1.29, 1.82) is 0 Å². The lowest BCUT2D eigenvalue weighted by molar-refractivity contribution is -0.137. The Morgan fingerprint density at radius 3 is 2.46 bits per heavy atom. The van der Waals surface area contributed by atoms with Crippen LogP contribution in [-0.4, -0.2) is 70.9 Å². The van der Waals surface area contributed by atoms with Crippen LogP contribution in [0.5, 0.6) is 5.75 Å². The summed E-state index contributed by atoms with van der Waals surface area (Å²) in [4.78, 5) is 9.42. The van der Waals surface area contributed by atoms with Gasteiger partial charge in [-0.2, -0.15) is 18.3 Å². The molecule has 1 aliphatic rings. The molecule has 37 heavy (non-hydrogen) atoms. The van der Waals surface area contributed by atoms with Gasteiger partial charge in [0.05, 0.1) is 33.6 Å². The van der Waals surface area contributed by atoms with E-state index in [9.17, 15) is 13.2 Å². The van der Waals surface area contributed by atoms with E-state index in [0.29, 0.717) is 6.61 Å². The number of hydrogen-bond acceptors (Lipinski definition) is 6. The van der Waals surface area contributed by atoms with E-state index in [2.05, 4.69) is 31.0 Å². The minimum atomic E-state index is -4.33. The molecule has 0 aliphatic carbocycles. The molecule has 2 aromatic heterocycles. The number of piperazine rings is 1. The van der Waals surface area contributed by atoms with Crippen molar-refractivity contribution in [2.75, 3.05) is 45.9 Å². The van der Waals surface area contributed by atoms with Gasteiger partial charge in [-0.05, 0) is 43.2 Å². The molecule has 3 heterocycles. The van der Waals surface area contributed by atoms with Gasteiger partial charge < -0.3 is 14.5 Å². The number of hydrogen-bond donors (Lipinski definition) is 1. The fourth-order valence-electron chi connectivity index (χ4n) is 4.69. The van der Waals surface area contributed by atoms with Crippen molar-refractivity contribution in [3.63, 3.8) is 0 Å². The zero-order valence-electron chi connectivity index (χ0n) is 20.7. The van der Waals surface area contributed by atoms with Crippen LogP contribution in [0.1, 0.15) is 22.7 Å². The standard InChI is InChI=1S/C27H30F3N5OS/c1-19-32-25-17-22(7-8-26(25)37-19)36-16-2-10-34-12-14-35(15-13-34)11-9-24-23(18-31-33-24)20-3-5-21(6-4-20)27(28,29)30/h3-8,17-18H,2,9-16H2,1H3,(H,31,33). The zero-order chi connectivity index (χ0) is 25.8. The Hall–Kier alpha value is -2.95. The highest BCUT2D eigenvalue weighted by Gasteiger charge is 2.30. The van der Waals surface area contributed by atoms with E-state index in [-0.39, 0.29) is 0 Å². The third kappa shape index (κ3) is 6.49. The molecule has 0 amide bonds. The summed E-state index contributed by atoms with van der Waals surface area (Å²) in [7, 11) is 0. The van der Waals surface area contributed by atoms with Crippen LogP contribution in [0.2, 0.25) is 0 Å². The minimum Gasteiger partial charge on any atom is -0.493 e. The summed E-state index contributed by atoms with van der Waals surface area (Å²) >= 11 is 1.70. The van der Waals surface area contributed by atoms with E-state index >= 15 is 0 Å². The maximum atomic E-state index is 12.9. The largest absolute Gasteiger partial charge is 0.493 e. The molecule has 0 radical (unpaired) electrons. The van der Waals surface area contributed by atoms with Gasteiger partial charge in [0.2, 0.25) is 0 Å². The molecule has 0 spiro atoms. The number of benzene rings is 2. The van der Waals surface area contributed by atoms with Crippen molar-refractivity contribution < 1.29 is 17.9 Å². The average molecular weight is 530 g/mol. The van der Waals surface area contributed by atoms with E-state index in [1.165, 1.54) is 16.8 Å². The van der Waals surface area contributed by atoms with Gasteiger partial charge in [0, 0.05) is 63.0 Å². The lowest BCUT2D eigenvalue weighted by Gasteiger charge is -2.34. The number of fused-ring (bicyclic) bond motifs is 1. The number of nitrogens with zero attached hydrogens (tertiary/aromatic N) is 4. The SMILES string of the molecule is Cc1nc2cc(OCCCN3CCN(CCc4[nH]ncc4-c4ccc(C(F)(F)F)cc4)CC3)ccc2s1. The van der Waals surface area contributed by atoms with E-state index < -0.39 is 11.7 Å². The van der Waals surface area contributed by atoms with Crippen molar-refractivity contribution in [3.8, 4) is 16.9 Å². The molecular weight excluding hydrogens is 499 g/mol. The summed E-state index contributed by atoms with van der Waals surface area (Å²) in [5.41, 5.74) is 2.91. The lowest BCUT2D eigenvalue weighted by atomic mass is 10.0. The van der Waals surface area contributed by atoms with Crippen LogP contribution < -0.4 is 4.74 Å². The number of aromatic amines is 1. The highest BCUT2D eigenvalue weighted by atomic mass is 32.1. The Labute approximate surface area is 218 Å². The Balaban J connectivity index is 1.03. The van der Waals surface area contributed by atoms with Crippen LogP contribution in [0.4, 0.5) is 13.2 Å². The second kappa shape index (κ2) is 11.2. The maximum absolute atomic E-state index is 12.9. The van der Waals surface area contributed by atoms with Crippen molar-refractivity contribution in [2.45, 2.75) is 25.9 Å². The quantitative estimate of drug-likeness (QED) is 0.284. The van der Waals surface area contributed by atoms with Crippen molar-refractivity contribution in [2.24, 2.45) is 0 Å². The number of aromatic nitrogens is 3. The summed E-state index contributed by atoms with van der Waals surface area (Å²) < 4.78 is 45.7. The number of thiazole rings is 1. The summed E-state index contributed by atoms with van der Waals surface area (Å²) in [6.07, 6.45) is -0.900. The van der Waals surface area contributed by atoms with E-state index in [1.807, 2.05) is 19.1 Å². The van der Waals surface area contributed by atoms with Gasteiger partial charge >= 0.3 is 6.18 Å². The zero-order valence-corrected chi connectivity index (χ0v) is 21.5. The number of aryl methyl sites for hydroxylation is 1. The molecule has 2 aromatic carbocycles. The molecule has 5 rings (SSSR count). The highest BCUT2D eigenvalue weighted by Crippen LogP contribution is 2.31. The molecule has 0 saturated carbocycles. The predicted molar refractivity (Wildman–Crippen MR) is 140 cm³/mol. The average Bonchev–Trinajstić information content (AvgIpc) is 3.51. The van der Waals surface area contributed by atoms with Gasteiger partial charge in [0.15, 0.2) is 0 Å². The van der Waals surface area contributed by atoms with Gasteiger partial charge in [0.25, 0.3) is 0 Å². The predicted octanol–water partition coefficient (Wildman–Crippen LogP) is 5.64. The Morgan fingerprint density at radius 2 is 1.73 bits per heavy atom. The third-order valence-corrected chi connectivity index (χ3v) is 7.69. The molecule has 6 nitrogen and oxygen atoms in total. The highest BCUT2D eigenvalue weighted by molar-refractivity contribution is 7.18. The van der Waals surface area contributed by atoms with E-state index in [0.717, 1.165) is 97.3 Å². The summed E-state index contributed by atoms with van der Waals surface area (Å²) in [5, 5.41) is 8.23. The minimum absolute atomic E-state index is 0.641. The molecule has 0 bridgehead atoms. The van der Waals surface area contributed by atoms with Crippen LogP contribution in [0.25, 0.3) is 21.3 Å². The number of nitrogens with one attached hydrogen (secondary N) is 1. The Bertz CT molecular complexity index is 1310. The number of ether oxygens (including phenoxy) is 1. The normalized spacial score (nSPS) is 15.5. The molecular formula is C27H30F3N5OS. The van der Waals surface area contributed by atoms with Crippen molar-refractivity contribution >= 4 is 21.6 Å². The van der Waals surface area contributed by atoms with Gasteiger partial charge in [-0.1, -0.05) is 12.1 Å². The second-order valence-corrected chi connectivity index (χ2v) is 10.6. The molecule has 4 aromatic rings. The summed E-state index contributed by atoms with van der Waals surface area (Å²) in [6, 6.07) is 11.4. The lowest BCUT2D eigenvalue weighted by Crippen LogP contribution is -2.47. The molecule has 196 valence electrons. The fraction of sp³-hybridized carbons (Fsp3) is 0.407. The smallest absolute Gasteiger partial charge is 0.416 e. The maximum Gasteiger partial charge on any atom is 0.416 e. The fourth-order valence-corrected chi connectivity index (χ4v) is 5.50. The Morgan fingerprint density at radius 1 is 1.00 bits per heavy atom. The molecule has 0 atom stereocenters. The monoisotopic (exact) mass is 529 g/mol. The van der Waals surface area contributed by atoms with Crippen molar-refractivity contribution in [1.82, 2.24) is 25.0 Å². The first-order valence-corrected chi connectivity index (χ1v) is 13.3. The first kappa shape index (κ1) is 25.7. The number of alkyl halides is 3. The van der Waals surface area contributed by atoms with E-state index in [1.54, 1.807) is 17.5 Å². The molecule has 1 N–H and O–H groups in total. The molecule has 0 unspecified atom stereocenters. The number of H-pyrrole nitrogens is 1. The third-order valence-electron chi connectivity index (χ3n) is 6.74. The van der Waals surface area contributed by atoms with Gasteiger partial charge in [0.1, 0.15) is 5.75 Å². The van der Waals surface area contributed by atoms with Crippen LogP contribution in [-0.2, 0) is 12.6 Å². The van der Waals surface area contributed by atoms with E-state index in [4.69, 9.17) is 4.74 Å². The molecule has 10 heteroatoms. The first-order valence-electron chi connectivity index (χ1n) is 12.5. The Kier molecular flexibility index (Phi) is 7.78. The first-order chi connectivity index (χ1) is 17.8. The summed E-state index contributed by atoms with van der Waals surface area (Å²) in [5.74, 6) is 0.872. The topological polar surface area (TPSA) is 57.3 Å². The molecule has 1 fully saturated rings. The van der Waals surface area contributed by atoms with Crippen LogP contribution in [0, 0.1) is 6.92 Å². The number of halogens is 3. The van der Waals surface area contributed by atoms with Crippen LogP contribution in [0.3, 0.4) is 0 Å². The second-order valence-electron chi connectivity index (χ2n) is 9.34. The molecule has 1 saturated heterocycles.